The molecule has 0 bridgehead atoms. The van der Waals surface area contributed by atoms with E-state index in [4.69, 9.17) is 4.74 Å². The molecule has 2 aromatic carbocycles. The summed E-state index contributed by atoms with van der Waals surface area (Å²) in [6.07, 6.45) is 0.886. The largest absolute Gasteiger partial charge is 0.497 e. The number of rotatable bonds is 4. The molecule has 3 rings (SSSR count). The molecule has 0 fully saturated rings. The van der Waals surface area contributed by atoms with Crippen molar-refractivity contribution in [2.24, 2.45) is 5.10 Å². The molecule has 2 amide bonds. The summed E-state index contributed by atoms with van der Waals surface area (Å²) in [6.45, 7) is 4.65. The SMILES string of the molecule is CCCNC(=O)N1N=C(c2ccccc2)c2cc(OC)ccc2C1C. The predicted octanol–water partition coefficient (Wildman–Crippen LogP) is 3.94. The highest BCUT2D eigenvalue weighted by Crippen LogP contribution is 2.33. The van der Waals surface area contributed by atoms with Gasteiger partial charge in [0.15, 0.2) is 0 Å². The Balaban J connectivity index is 2.09. The molecule has 0 aromatic heterocycles. The highest BCUT2D eigenvalue weighted by Gasteiger charge is 2.30. The first-order valence-electron chi connectivity index (χ1n) is 8.55. The second-order valence-corrected chi connectivity index (χ2v) is 6.02. The van der Waals surface area contributed by atoms with Gasteiger partial charge in [-0.2, -0.15) is 5.10 Å². The van der Waals surface area contributed by atoms with Gasteiger partial charge in [0.25, 0.3) is 0 Å². The maximum Gasteiger partial charge on any atom is 0.338 e. The van der Waals surface area contributed by atoms with Gasteiger partial charge in [-0.05, 0) is 31.0 Å². The molecule has 2 aromatic rings. The normalized spacial score (nSPS) is 16.0. The van der Waals surface area contributed by atoms with E-state index in [9.17, 15) is 4.79 Å². The molecule has 1 unspecified atom stereocenters. The van der Waals surface area contributed by atoms with Crippen molar-refractivity contribution in [1.29, 1.82) is 0 Å². The Bertz CT molecular complexity index is 787. The van der Waals surface area contributed by atoms with Crippen LogP contribution in [0.4, 0.5) is 4.79 Å². The Hall–Kier alpha value is -2.82. The summed E-state index contributed by atoms with van der Waals surface area (Å²) >= 11 is 0. The van der Waals surface area contributed by atoms with Crippen molar-refractivity contribution in [2.45, 2.75) is 26.3 Å². The van der Waals surface area contributed by atoms with Crippen molar-refractivity contribution in [3.05, 3.63) is 65.2 Å². The number of nitrogens with zero attached hydrogens (tertiary/aromatic N) is 2. The number of benzene rings is 2. The summed E-state index contributed by atoms with van der Waals surface area (Å²) in [7, 11) is 1.65. The van der Waals surface area contributed by atoms with Crippen LogP contribution in [0.5, 0.6) is 5.75 Å². The van der Waals surface area contributed by atoms with E-state index in [-0.39, 0.29) is 12.1 Å². The van der Waals surface area contributed by atoms with Gasteiger partial charge in [-0.15, -0.1) is 0 Å². The van der Waals surface area contributed by atoms with Gasteiger partial charge in [0.2, 0.25) is 0 Å². The number of hydrogen-bond acceptors (Lipinski definition) is 3. The van der Waals surface area contributed by atoms with Crippen LogP contribution in [0.25, 0.3) is 0 Å². The first kappa shape index (κ1) is 17.0. The molecule has 130 valence electrons. The Kier molecular flexibility index (Phi) is 5.03. The third kappa shape index (κ3) is 3.36. The fraction of sp³-hybridized carbons (Fsp3) is 0.300. The fourth-order valence-electron chi connectivity index (χ4n) is 2.96. The molecule has 0 radical (unpaired) electrons. The molecule has 1 aliphatic rings. The third-order valence-electron chi connectivity index (χ3n) is 4.32. The average Bonchev–Trinajstić information content (AvgIpc) is 2.66. The third-order valence-corrected chi connectivity index (χ3v) is 4.32. The Labute approximate surface area is 148 Å². The second-order valence-electron chi connectivity index (χ2n) is 6.02. The maximum atomic E-state index is 12.6. The summed E-state index contributed by atoms with van der Waals surface area (Å²) in [5.41, 5.74) is 3.80. The van der Waals surface area contributed by atoms with Crippen LogP contribution in [0.3, 0.4) is 0 Å². The van der Waals surface area contributed by atoms with Crippen LogP contribution in [-0.2, 0) is 0 Å². The van der Waals surface area contributed by atoms with Crippen LogP contribution < -0.4 is 10.1 Å². The number of methoxy groups -OCH3 is 1. The zero-order valence-corrected chi connectivity index (χ0v) is 14.8. The highest BCUT2D eigenvalue weighted by atomic mass is 16.5. The predicted molar refractivity (Wildman–Crippen MR) is 99.0 cm³/mol. The van der Waals surface area contributed by atoms with Gasteiger partial charge in [0.1, 0.15) is 5.75 Å². The zero-order valence-electron chi connectivity index (χ0n) is 14.8. The number of hydrogen-bond donors (Lipinski definition) is 1. The first-order valence-corrected chi connectivity index (χ1v) is 8.55. The van der Waals surface area contributed by atoms with Gasteiger partial charge >= 0.3 is 6.03 Å². The van der Waals surface area contributed by atoms with E-state index in [1.54, 1.807) is 7.11 Å². The highest BCUT2D eigenvalue weighted by molar-refractivity contribution is 6.14. The summed E-state index contributed by atoms with van der Waals surface area (Å²) in [5.74, 6) is 0.776. The Morgan fingerprint density at radius 2 is 2.00 bits per heavy atom. The molecule has 0 saturated heterocycles. The number of carbonyl (C=O) groups excluding carboxylic acids is 1. The summed E-state index contributed by atoms with van der Waals surface area (Å²) in [5, 5.41) is 9.13. The van der Waals surface area contributed by atoms with Gasteiger partial charge in [0, 0.05) is 17.7 Å². The first-order chi connectivity index (χ1) is 12.2. The quantitative estimate of drug-likeness (QED) is 0.918. The molecule has 0 spiro atoms. The van der Waals surface area contributed by atoms with Crippen molar-refractivity contribution < 1.29 is 9.53 Å². The van der Waals surface area contributed by atoms with E-state index >= 15 is 0 Å². The van der Waals surface area contributed by atoms with Crippen LogP contribution in [0.1, 0.15) is 43.0 Å². The van der Waals surface area contributed by atoms with Gasteiger partial charge < -0.3 is 10.1 Å². The summed E-state index contributed by atoms with van der Waals surface area (Å²) in [6, 6.07) is 15.5. The van der Waals surface area contributed by atoms with Crippen LogP contribution in [0.2, 0.25) is 0 Å². The lowest BCUT2D eigenvalue weighted by Gasteiger charge is -2.32. The maximum absolute atomic E-state index is 12.6. The lowest BCUT2D eigenvalue weighted by Crippen LogP contribution is -2.41. The van der Waals surface area contributed by atoms with E-state index in [0.29, 0.717) is 6.54 Å². The van der Waals surface area contributed by atoms with E-state index in [1.807, 2.05) is 62.4 Å². The van der Waals surface area contributed by atoms with Crippen LogP contribution >= 0.6 is 0 Å². The molecule has 1 aliphatic heterocycles. The molecule has 1 N–H and O–H groups in total. The lowest BCUT2D eigenvalue weighted by atomic mass is 9.92. The fourth-order valence-corrected chi connectivity index (χ4v) is 2.96. The molecule has 5 heteroatoms. The van der Waals surface area contributed by atoms with Gasteiger partial charge in [0.05, 0.1) is 18.9 Å². The molecule has 1 heterocycles. The van der Waals surface area contributed by atoms with Crippen molar-refractivity contribution in [3.63, 3.8) is 0 Å². The van der Waals surface area contributed by atoms with Crippen molar-refractivity contribution >= 4 is 11.7 Å². The van der Waals surface area contributed by atoms with Gasteiger partial charge in [-0.3, -0.25) is 0 Å². The molecule has 5 nitrogen and oxygen atoms in total. The van der Waals surface area contributed by atoms with Crippen LogP contribution in [-0.4, -0.2) is 30.4 Å². The van der Waals surface area contributed by atoms with E-state index < -0.39 is 0 Å². The Morgan fingerprint density at radius 3 is 2.68 bits per heavy atom. The number of nitrogens with one attached hydrogen (secondary N) is 1. The number of carbonyl (C=O) groups is 1. The van der Waals surface area contributed by atoms with E-state index in [2.05, 4.69) is 10.4 Å². The average molecular weight is 337 g/mol. The molecular formula is C20H23N3O2. The van der Waals surface area contributed by atoms with Gasteiger partial charge in [-0.25, -0.2) is 9.80 Å². The smallest absolute Gasteiger partial charge is 0.338 e. The van der Waals surface area contributed by atoms with Crippen LogP contribution in [0, 0.1) is 0 Å². The summed E-state index contributed by atoms with van der Waals surface area (Å²) in [4.78, 5) is 12.6. The molecule has 0 aliphatic carbocycles. The molecule has 25 heavy (non-hydrogen) atoms. The number of hydrazone groups is 1. The monoisotopic (exact) mass is 337 g/mol. The minimum absolute atomic E-state index is 0.148. The number of fused-ring (bicyclic) bond motifs is 1. The molecule has 0 saturated carbocycles. The van der Waals surface area contributed by atoms with Gasteiger partial charge in [-0.1, -0.05) is 43.3 Å². The van der Waals surface area contributed by atoms with Crippen molar-refractivity contribution in [3.8, 4) is 5.75 Å². The number of ether oxygens (including phenoxy) is 1. The summed E-state index contributed by atoms with van der Waals surface area (Å²) < 4.78 is 5.38. The van der Waals surface area contributed by atoms with E-state index in [1.165, 1.54) is 5.01 Å². The molecular weight excluding hydrogens is 314 g/mol. The minimum Gasteiger partial charge on any atom is -0.497 e. The van der Waals surface area contributed by atoms with Crippen molar-refractivity contribution in [2.75, 3.05) is 13.7 Å². The second kappa shape index (κ2) is 7.38. The molecule has 1 atom stereocenters. The lowest BCUT2D eigenvalue weighted by molar-refractivity contribution is 0.181. The van der Waals surface area contributed by atoms with Crippen LogP contribution in [0.15, 0.2) is 53.6 Å². The van der Waals surface area contributed by atoms with Crippen molar-refractivity contribution in [1.82, 2.24) is 10.3 Å². The standard InChI is InChI=1S/C20H23N3O2/c1-4-12-21-20(24)23-14(2)17-11-10-16(25-3)13-18(17)19(22-23)15-8-6-5-7-9-15/h5-11,13-14H,4,12H2,1-3H3,(H,21,24). The Morgan fingerprint density at radius 1 is 1.24 bits per heavy atom. The van der Waals surface area contributed by atoms with E-state index in [0.717, 1.165) is 34.6 Å². The number of urea groups is 1. The topological polar surface area (TPSA) is 53.9 Å². The number of amides is 2. The zero-order chi connectivity index (χ0) is 17.8. The minimum atomic E-state index is -0.177.